The third-order valence-electron chi connectivity index (χ3n) is 14.5. The van der Waals surface area contributed by atoms with Gasteiger partial charge in [-0.25, -0.2) is 0 Å². The summed E-state index contributed by atoms with van der Waals surface area (Å²) in [5.41, 5.74) is 8.04. The fraction of sp³-hybridized carbons (Fsp3) is 0.508. The molecule has 75 heavy (non-hydrogen) atoms. The number of aromatic amines is 1. The first kappa shape index (κ1) is 55.8. The number of ether oxygens (including phenoxy) is 6. The van der Waals surface area contributed by atoms with E-state index in [1.165, 1.54) is 16.8 Å². The van der Waals surface area contributed by atoms with Crippen LogP contribution in [-0.2, 0) is 60.1 Å². The van der Waals surface area contributed by atoms with Gasteiger partial charge >= 0.3 is 0 Å². The van der Waals surface area contributed by atoms with Gasteiger partial charge in [0, 0.05) is 71.2 Å². The first-order valence-electron chi connectivity index (χ1n) is 26.5. The van der Waals surface area contributed by atoms with Crippen LogP contribution in [0.25, 0.3) is 21.8 Å². The van der Waals surface area contributed by atoms with Crippen LogP contribution in [0.3, 0.4) is 0 Å². The maximum Gasteiger partial charge on any atom is 0.231 e. The Hall–Kier alpha value is -5.44. The molecule has 2 saturated carbocycles. The predicted molar refractivity (Wildman–Crippen MR) is 296 cm³/mol. The third-order valence-corrected chi connectivity index (χ3v) is 14.8. The zero-order valence-corrected chi connectivity index (χ0v) is 45.1. The summed E-state index contributed by atoms with van der Waals surface area (Å²) < 4.78 is 50.0. The van der Waals surface area contributed by atoms with Gasteiger partial charge in [0.15, 0.2) is 23.0 Å². The van der Waals surface area contributed by atoms with Crippen molar-refractivity contribution < 1.29 is 48.9 Å². The number of nitrogens with zero attached hydrogens (tertiary/aromatic N) is 1. The number of aliphatic hydroxyl groups is 1. The van der Waals surface area contributed by atoms with E-state index in [1.54, 1.807) is 0 Å². The summed E-state index contributed by atoms with van der Waals surface area (Å²) in [4.78, 5) is 30.2. The molecule has 2 saturated heterocycles. The van der Waals surface area contributed by atoms with E-state index < -0.39 is 11.5 Å². The molecular formula is C61H79ClFN3O9. The van der Waals surface area contributed by atoms with Gasteiger partial charge in [-0.15, -0.1) is 11.6 Å². The highest BCUT2D eigenvalue weighted by Crippen LogP contribution is 2.53. The predicted octanol–water partition coefficient (Wildman–Crippen LogP) is 11.8. The van der Waals surface area contributed by atoms with Gasteiger partial charge in [-0.1, -0.05) is 73.2 Å². The number of epoxide rings is 1. The molecule has 14 heteroatoms. The van der Waals surface area contributed by atoms with Crippen molar-refractivity contribution in [3.63, 3.8) is 0 Å². The van der Waals surface area contributed by atoms with Crippen LogP contribution in [0, 0.1) is 0 Å². The molecule has 6 heterocycles. The highest BCUT2D eigenvalue weighted by Gasteiger charge is 2.52. The summed E-state index contributed by atoms with van der Waals surface area (Å²) in [5, 5.41) is 15.8. The van der Waals surface area contributed by atoms with E-state index in [4.69, 9.17) is 41.4 Å². The number of benzene rings is 4. The van der Waals surface area contributed by atoms with Gasteiger partial charge < -0.3 is 48.4 Å². The second kappa shape index (κ2) is 24.3. The van der Waals surface area contributed by atoms with Crippen LogP contribution in [-0.4, -0.2) is 98.5 Å². The van der Waals surface area contributed by atoms with E-state index in [1.807, 2.05) is 43.4 Å². The summed E-state index contributed by atoms with van der Waals surface area (Å²) in [7, 11) is 2.35. The maximum absolute atomic E-state index is 13.5. The Kier molecular flexibility index (Phi) is 18.0. The van der Waals surface area contributed by atoms with Crippen molar-refractivity contribution in [1.82, 2.24) is 14.9 Å². The van der Waals surface area contributed by atoms with Crippen molar-refractivity contribution in [3.8, 4) is 23.0 Å². The lowest BCUT2D eigenvalue weighted by atomic mass is 9.87. The number of hydrogen-bond acceptors (Lipinski definition) is 10. The quantitative estimate of drug-likeness (QED) is 0.0755. The summed E-state index contributed by atoms with van der Waals surface area (Å²) >= 11 is 5.27. The number of H-pyrrole nitrogens is 1. The summed E-state index contributed by atoms with van der Waals surface area (Å²) in [6.45, 7) is 16.2. The second-order valence-electron chi connectivity index (χ2n) is 22.1. The number of rotatable bonds is 13. The molecule has 2 aliphatic carbocycles. The molecule has 3 atom stereocenters. The zero-order valence-electron chi connectivity index (χ0n) is 45.3. The third kappa shape index (κ3) is 13.6. The minimum Gasteiger partial charge on any atom is -0.454 e. The van der Waals surface area contributed by atoms with E-state index >= 15 is 0 Å². The van der Waals surface area contributed by atoms with E-state index in [0.717, 1.165) is 113 Å². The smallest absolute Gasteiger partial charge is 0.231 e. The lowest BCUT2D eigenvalue weighted by molar-refractivity contribution is -0.121. The first-order valence-corrected chi connectivity index (χ1v) is 26.5. The standard InChI is InChI=1S/C28H34N2O4.C24H25NO3.C4H8O.C3H5ClO.CH3F.CH4/c1-27(2,3)25-13-19-11-18(5-7-22(19)30(25)16-21(31)15-29-4)12-26(32)28(9-10-28)20-6-8-23-24(14-20)34-17-33-23;1-23(2,3)21-12-16-10-15(4-6-18(16)25-21)11-22(26)24(8-9-24)17-5-7-19-20(13-17)28-14-27-19;1-2-4-5-3-1;4-1-3-2-5-3;1-2;/h5-8,11,13-14,21,29,31H,9-10,12,15-17H2,1-4H3;4-7,10,12-13,25H,8-9,11,14H2,1-3H3;1-4H2;3H,1-2H2;1H3;1H4/i;;3D;;;. The Morgan fingerprint density at radius 3 is 1.76 bits per heavy atom. The van der Waals surface area contributed by atoms with E-state index in [2.05, 4.69) is 105 Å². The molecule has 4 aliphatic heterocycles. The number of aromatic nitrogens is 2. The average Bonchev–Trinajstić information content (AvgIpc) is 4.32. The van der Waals surface area contributed by atoms with Crippen molar-refractivity contribution >= 4 is 45.0 Å². The number of alkyl halides is 2. The van der Waals surface area contributed by atoms with Gasteiger partial charge in [0.1, 0.15) is 11.6 Å². The molecule has 3 unspecified atom stereocenters. The number of likely N-dealkylation sites (N-methyl/N-ethyl adjacent to an activating group) is 1. The van der Waals surface area contributed by atoms with Crippen LogP contribution < -0.4 is 24.3 Å². The lowest BCUT2D eigenvalue weighted by Gasteiger charge is -2.23. The van der Waals surface area contributed by atoms with Crippen molar-refractivity contribution in [1.29, 1.82) is 0 Å². The lowest BCUT2D eigenvalue weighted by Crippen LogP contribution is -2.30. The number of aliphatic hydroxyl groups excluding tert-OH is 1. The number of halogens is 2. The average molecular weight is 1050 g/mol. The normalized spacial score (nSPS) is 19.3. The van der Waals surface area contributed by atoms with Crippen LogP contribution in [0.1, 0.15) is 123 Å². The van der Waals surface area contributed by atoms with E-state index in [-0.39, 0.29) is 55.4 Å². The summed E-state index contributed by atoms with van der Waals surface area (Å²) in [6.07, 6.45) is 6.37. The van der Waals surface area contributed by atoms with Gasteiger partial charge in [0.05, 0.1) is 50.6 Å². The molecular weight excluding hydrogens is 973 g/mol. The minimum absolute atomic E-state index is 0. The Labute approximate surface area is 449 Å². The molecule has 0 radical (unpaired) electrons. The molecule has 4 fully saturated rings. The fourth-order valence-electron chi connectivity index (χ4n) is 9.83. The molecule has 12 rings (SSSR count). The summed E-state index contributed by atoms with van der Waals surface area (Å²) in [6, 6.07) is 28.8. The molecule has 12 nitrogen and oxygen atoms in total. The second-order valence-corrected chi connectivity index (χ2v) is 22.4. The molecule has 0 spiro atoms. The first-order chi connectivity index (χ1) is 35.9. The number of carbonyl (C=O) groups excluding carboxylic acids is 2. The van der Waals surface area contributed by atoms with Crippen LogP contribution >= 0.6 is 11.6 Å². The van der Waals surface area contributed by atoms with Gasteiger partial charge in [-0.3, -0.25) is 14.0 Å². The molecule has 6 aliphatic rings. The van der Waals surface area contributed by atoms with Crippen LogP contribution in [0.15, 0.2) is 84.9 Å². The zero-order chi connectivity index (χ0) is 53.7. The van der Waals surface area contributed by atoms with Crippen LogP contribution in [0.5, 0.6) is 23.0 Å². The molecule has 3 N–H and O–H groups in total. The van der Waals surface area contributed by atoms with Gasteiger partial charge in [0.2, 0.25) is 13.6 Å². The van der Waals surface area contributed by atoms with Crippen molar-refractivity contribution in [2.45, 2.75) is 141 Å². The maximum atomic E-state index is 13.5. The number of hydrogen-bond donors (Lipinski definition) is 3. The van der Waals surface area contributed by atoms with Crippen molar-refractivity contribution in [2.75, 3.05) is 60.0 Å². The Morgan fingerprint density at radius 1 is 0.773 bits per heavy atom. The minimum atomic E-state index is -0.473. The molecule has 406 valence electrons. The fourth-order valence-corrected chi connectivity index (χ4v) is 10.0. The number of nitrogens with one attached hydrogen (secondary N) is 2. The van der Waals surface area contributed by atoms with Crippen LogP contribution in [0.2, 0.25) is 0 Å². The Bertz CT molecular complexity index is 2940. The molecule has 4 aromatic carbocycles. The number of carbonyl (C=O) groups is 2. The molecule has 6 aromatic rings. The van der Waals surface area contributed by atoms with Crippen molar-refractivity contribution in [3.05, 3.63) is 119 Å². The number of fused-ring (bicyclic) bond motifs is 4. The van der Waals surface area contributed by atoms with Gasteiger partial charge in [-0.05, 0) is 134 Å². The highest BCUT2D eigenvalue weighted by atomic mass is 35.5. The van der Waals surface area contributed by atoms with Crippen molar-refractivity contribution in [2.24, 2.45) is 0 Å². The van der Waals surface area contributed by atoms with Gasteiger partial charge in [-0.2, -0.15) is 0 Å². The summed E-state index contributed by atoms with van der Waals surface area (Å²) in [5.74, 6) is 4.20. The molecule has 2 aromatic heterocycles. The number of Topliss-reactive ketones (excluding diaryl/α,β-unsaturated/α-hetero) is 2. The van der Waals surface area contributed by atoms with Gasteiger partial charge in [0.25, 0.3) is 0 Å². The Balaban J connectivity index is 0.000000178. The molecule has 0 amide bonds. The SMILES string of the molecule is C.CC(C)(C)c1cc2cc(CC(=O)C3(c4ccc5c(c4)OCO5)CC3)ccc2[nH]1.CF.CNCC(O)Cn1c(C(C)(C)C)cc2cc(CC(=O)C3(c4ccc5c(c4)OCO5)CC3)ccc21.ClCC1CO1.[2H]C1CCCO1. The number of ketones is 2. The van der Waals surface area contributed by atoms with E-state index in [0.29, 0.717) is 45.1 Å². The Morgan fingerprint density at radius 2 is 1.32 bits per heavy atom. The topological polar surface area (TPSA) is 146 Å². The van der Waals surface area contributed by atoms with E-state index in [9.17, 15) is 19.1 Å². The monoisotopic (exact) mass is 1050 g/mol. The largest absolute Gasteiger partial charge is 0.454 e. The molecule has 0 bridgehead atoms. The highest BCUT2D eigenvalue weighted by molar-refractivity contribution is 6.18. The van der Waals surface area contributed by atoms with Crippen LogP contribution in [0.4, 0.5) is 4.39 Å².